The van der Waals surface area contributed by atoms with Gasteiger partial charge in [0.15, 0.2) is 0 Å². The molecule has 2 aromatic carbocycles. The fourth-order valence-electron chi connectivity index (χ4n) is 3.81. The van der Waals surface area contributed by atoms with Gasteiger partial charge in [-0.2, -0.15) is 0 Å². The Morgan fingerprint density at radius 1 is 0.853 bits per heavy atom. The topological polar surface area (TPSA) is 59.4 Å². The molecule has 3 aromatic rings. The quantitative estimate of drug-likeness (QED) is 0.220. The van der Waals surface area contributed by atoms with Crippen molar-refractivity contribution in [3.8, 4) is 23.0 Å². The Kier molecular flexibility index (Phi) is 9.88. The summed E-state index contributed by atoms with van der Waals surface area (Å²) < 4.78 is 4.72. The number of aliphatic hydroxyl groups excluding tert-OH is 1. The van der Waals surface area contributed by atoms with Crippen LogP contribution in [0.5, 0.6) is 0 Å². The smallest absolute Gasteiger partial charge is 0.356 e. The van der Waals surface area contributed by atoms with Gasteiger partial charge in [-0.15, -0.1) is 0 Å². The highest BCUT2D eigenvalue weighted by Gasteiger charge is 2.09. The minimum atomic E-state index is -0.555. The number of carbonyl (C=O) groups excluding carboxylic acids is 1. The molecule has 0 saturated heterocycles. The summed E-state index contributed by atoms with van der Waals surface area (Å²) in [5, 5.41) is 9.40. The van der Waals surface area contributed by atoms with Crippen molar-refractivity contribution in [1.29, 1.82) is 0 Å². The number of benzene rings is 2. The molecule has 0 unspecified atom stereocenters. The maximum atomic E-state index is 11.8. The van der Waals surface area contributed by atoms with Gasteiger partial charge in [0.05, 0.1) is 19.4 Å². The number of esters is 1. The lowest BCUT2D eigenvalue weighted by Gasteiger charge is -2.05. The molecule has 4 nitrogen and oxygen atoms in total. The first-order chi connectivity index (χ1) is 16.6. The third-order valence-corrected chi connectivity index (χ3v) is 5.78. The molecule has 0 fully saturated rings. The maximum absolute atomic E-state index is 11.8. The Morgan fingerprint density at radius 3 is 2.12 bits per heavy atom. The van der Waals surface area contributed by atoms with E-state index in [2.05, 4.69) is 60.1 Å². The average molecular weight is 456 g/mol. The first kappa shape index (κ1) is 25.2. The number of aromatic nitrogens is 1. The minimum Gasteiger partial charge on any atom is -0.464 e. The minimum absolute atomic E-state index is 0.133. The van der Waals surface area contributed by atoms with Crippen LogP contribution in [0.25, 0.3) is 11.1 Å². The Labute approximate surface area is 203 Å². The first-order valence-corrected chi connectivity index (χ1v) is 12.0. The van der Waals surface area contributed by atoms with E-state index in [-0.39, 0.29) is 12.3 Å². The molecule has 0 atom stereocenters. The number of methoxy groups -OCH3 is 1. The second-order valence-corrected chi connectivity index (χ2v) is 8.42. The molecular weight excluding hydrogens is 422 g/mol. The normalized spacial score (nSPS) is 10.4. The summed E-state index contributed by atoms with van der Waals surface area (Å²) in [5.41, 5.74) is 5.71. The second kappa shape index (κ2) is 13.3. The van der Waals surface area contributed by atoms with Gasteiger partial charge >= 0.3 is 5.97 Å². The third-order valence-electron chi connectivity index (χ3n) is 5.78. The van der Waals surface area contributed by atoms with Gasteiger partial charge in [-0.25, -0.2) is 9.78 Å². The van der Waals surface area contributed by atoms with Crippen molar-refractivity contribution in [2.24, 2.45) is 0 Å². The number of nitrogens with zero attached hydrogens (tertiary/aromatic N) is 1. The van der Waals surface area contributed by atoms with Crippen LogP contribution in [0.1, 0.15) is 78.3 Å². The van der Waals surface area contributed by atoms with E-state index in [1.54, 1.807) is 12.1 Å². The predicted molar refractivity (Wildman–Crippen MR) is 136 cm³/mol. The molecule has 0 aliphatic carbocycles. The lowest BCUT2D eigenvalue weighted by Crippen LogP contribution is -2.07. The van der Waals surface area contributed by atoms with Crippen molar-refractivity contribution in [2.45, 2.75) is 58.5 Å². The molecule has 3 rings (SSSR count). The maximum Gasteiger partial charge on any atom is 0.356 e. The summed E-state index contributed by atoms with van der Waals surface area (Å²) in [6.45, 7) is 1.98. The molecule has 1 N–H and O–H groups in total. The van der Waals surface area contributed by atoms with Crippen LogP contribution in [-0.4, -0.2) is 23.2 Å². The van der Waals surface area contributed by atoms with Crippen LogP contribution < -0.4 is 0 Å². The number of hydrogen-bond donors (Lipinski definition) is 1. The lowest BCUT2D eigenvalue weighted by atomic mass is 10.00. The second-order valence-electron chi connectivity index (χ2n) is 8.42. The molecule has 176 valence electrons. The predicted octanol–water partition coefficient (Wildman–Crippen LogP) is 6.33. The van der Waals surface area contributed by atoms with Crippen molar-refractivity contribution in [3.63, 3.8) is 0 Å². The van der Waals surface area contributed by atoms with Gasteiger partial charge in [-0.05, 0) is 53.8 Å². The number of pyridine rings is 1. The summed E-state index contributed by atoms with van der Waals surface area (Å²) in [6, 6.07) is 20.2. The van der Waals surface area contributed by atoms with Crippen molar-refractivity contribution >= 4 is 5.97 Å². The number of unbranched alkanes of at least 4 members (excludes halogenated alkanes) is 5. The number of hydrogen-bond acceptors (Lipinski definition) is 4. The van der Waals surface area contributed by atoms with E-state index in [4.69, 9.17) is 4.74 Å². The summed E-state index contributed by atoms with van der Waals surface area (Å²) in [4.78, 5) is 15.9. The lowest BCUT2D eigenvalue weighted by molar-refractivity contribution is 0.0593. The Morgan fingerprint density at radius 2 is 1.47 bits per heavy atom. The Balaban J connectivity index is 1.62. The molecule has 0 radical (unpaired) electrons. The highest BCUT2D eigenvalue weighted by atomic mass is 16.5. The van der Waals surface area contributed by atoms with Crippen LogP contribution >= 0.6 is 0 Å². The monoisotopic (exact) mass is 455 g/mol. The largest absolute Gasteiger partial charge is 0.464 e. The van der Waals surface area contributed by atoms with E-state index in [0.717, 1.165) is 17.5 Å². The molecule has 0 spiro atoms. The van der Waals surface area contributed by atoms with Gasteiger partial charge in [0, 0.05) is 11.1 Å². The third kappa shape index (κ3) is 7.57. The molecule has 34 heavy (non-hydrogen) atoms. The Hall–Kier alpha value is -3.42. The standard InChI is InChI=1S/C30H33NO3/c1-3-4-5-6-7-8-9-23-12-16-26(17-13-23)27-18-14-24(15-19-27)10-11-25-20-28(22-32)31-29(21-25)30(33)34-2/h12-21,32H,3-9,22H2,1-2H3. The Bertz CT molecular complexity index is 1120. The van der Waals surface area contributed by atoms with Crippen LogP contribution in [0.15, 0.2) is 60.7 Å². The van der Waals surface area contributed by atoms with Crippen molar-refractivity contribution < 1.29 is 14.6 Å². The number of rotatable bonds is 10. The molecule has 0 bridgehead atoms. The van der Waals surface area contributed by atoms with Crippen LogP contribution in [0.2, 0.25) is 0 Å². The van der Waals surface area contributed by atoms with E-state index in [0.29, 0.717) is 11.3 Å². The number of aryl methyl sites for hydroxylation is 1. The molecule has 0 saturated carbocycles. The van der Waals surface area contributed by atoms with E-state index < -0.39 is 5.97 Å². The summed E-state index contributed by atoms with van der Waals surface area (Å²) in [5.74, 6) is 5.61. The molecule has 0 amide bonds. The van der Waals surface area contributed by atoms with Crippen molar-refractivity contribution in [2.75, 3.05) is 7.11 Å². The number of aliphatic hydroxyl groups is 1. The van der Waals surface area contributed by atoms with E-state index in [9.17, 15) is 9.90 Å². The van der Waals surface area contributed by atoms with Gasteiger partial charge in [0.25, 0.3) is 0 Å². The molecular formula is C30H33NO3. The molecule has 0 aliphatic rings. The van der Waals surface area contributed by atoms with Crippen LogP contribution in [0, 0.1) is 11.8 Å². The zero-order valence-corrected chi connectivity index (χ0v) is 20.1. The van der Waals surface area contributed by atoms with Gasteiger partial charge < -0.3 is 9.84 Å². The fourth-order valence-corrected chi connectivity index (χ4v) is 3.81. The van der Waals surface area contributed by atoms with Gasteiger partial charge in [-0.3, -0.25) is 0 Å². The van der Waals surface area contributed by atoms with Crippen molar-refractivity contribution in [3.05, 3.63) is 88.7 Å². The van der Waals surface area contributed by atoms with E-state index >= 15 is 0 Å². The highest BCUT2D eigenvalue weighted by molar-refractivity contribution is 5.87. The first-order valence-electron chi connectivity index (χ1n) is 12.0. The highest BCUT2D eigenvalue weighted by Crippen LogP contribution is 2.21. The fraction of sp³-hybridized carbons (Fsp3) is 0.333. The van der Waals surface area contributed by atoms with Crippen LogP contribution in [0.4, 0.5) is 0 Å². The van der Waals surface area contributed by atoms with Gasteiger partial charge in [-0.1, -0.05) is 87.3 Å². The zero-order chi connectivity index (χ0) is 24.2. The van der Waals surface area contributed by atoms with E-state index in [1.165, 1.54) is 56.8 Å². The van der Waals surface area contributed by atoms with Crippen molar-refractivity contribution in [1.82, 2.24) is 4.98 Å². The van der Waals surface area contributed by atoms with Gasteiger partial charge in [0.2, 0.25) is 0 Å². The average Bonchev–Trinajstić information content (AvgIpc) is 2.89. The molecule has 1 heterocycles. The van der Waals surface area contributed by atoms with E-state index in [1.807, 2.05) is 12.1 Å². The summed E-state index contributed by atoms with van der Waals surface area (Å²) in [6.07, 6.45) is 9.07. The molecule has 4 heteroatoms. The zero-order valence-electron chi connectivity index (χ0n) is 20.1. The SMILES string of the molecule is CCCCCCCCc1ccc(-c2ccc(C#Cc3cc(CO)nc(C(=O)OC)c3)cc2)cc1. The molecule has 0 aliphatic heterocycles. The summed E-state index contributed by atoms with van der Waals surface area (Å²) >= 11 is 0. The summed E-state index contributed by atoms with van der Waals surface area (Å²) in [7, 11) is 1.30. The van der Waals surface area contributed by atoms with Crippen LogP contribution in [0.3, 0.4) is 0 Å². The molecule has 1 aromatic heterocycles. The van der Waals surface area contributed by atoms with Gasteiger partial charge in [0.1, 0.15) is 5.69 Å². The van der Waals surface area contributed by atoms with Crippen LogP contribution in [-0.2, 0) is 17.8 Å². The number of carbonyl (C=O) groups is 1. The number of ether oxygens (including phenoxy) is 1.